The second kappa shape index (κ2) is 5.29. The van der Waals surface area contributed by atoms with Crippen LogP contribution in [0.1, 0.15) is 6.42 Å². The zero-order chi connectivity index (χ0) is 12.3. The number of ether oxygens (including phenoxy) is 1. The average molecular weight is 258 g/mol. The lowest BCUT2D eigenvalue weighted by atomic mass is 10.1. The molecular weight excluding hydrogens is 246 g/mol. The number of hydrogen-bond donors (Lipinski definition) is 1. The first kappa shape index (κ1) is 12.1. The highest BCUT2D eigenvalue weighted by molar-refractivity contribution is 6.29. The van der Waals surface area contributed by atoms with E-state index in [9.17, 15) is 10.1 Å². The van der Waals surface area contributed by atoms with Crippen molar-refractivity contribution in [2.75, 3.05) is 25.1 Å². The van der Waals surface area contributed by atoms with Crippen molar-refractivity contribution < 1.29 is 9.66 Å². The van der Waals surface area contributed by atoms with Gasteiger partial charge in [-0.2, -0.15) is 0 Å². The second-order valence-corrected chi connectivity index (χ2v) is 4.26. The van der Waals surface area contributed by atoms with Crippen molar-refractivity contribution >= 4 is 23.1 Å². The van der Waals surface area contributed by atoms with Gasteiger partial charge >= 0.3 is 5.69 Å². The highest BCUT2D eigenvalue weighted by Crippen LogP contribution is 2.24. The molecule has 1 saturated heterocycles. The van der Waals surface area contributed by atoms with Crippen LogP contribution in [-0.2, 0) is 4.74 Å². The van der Waals surface area contributed by atoms with E-state index < -0.39 is 4.92 Å². The van der Waals surface area contributed by atoms with Gasteiger partial charge in [-0.25, -0.2) is 4.98 Å². The summed E-state index contributed by atoms with van der Waals surface area (Å²) < 4.78 is 5.23. The topological polar surface area (TPSA) is 77.3 Å². The molecule has 0 saturated carbocycles. The fourth-order valence-electron chi connectivity index (χ4n) is 1.69. The number of halogens is 1. The molecular formula is C10H12ClN3O3. The van der Waals surface area contributed by atoms with Crippen molar-refractivity contribution in [1.82, 2.24) is 4.98 Å². The van der Waals surface area contributed by atoms with Crippen LogP contribution in [0.3, 0.4) is 0 Å². The van der Waals surface area contributed by atoms with Crippen LogP contribution in [0.15, 0.2) is 12.1 Å². The molecule has 0 aromatic carbocycles. The lowest BCUT2D eigenvalue weighted by Crippen LogP contribution is -2.15. The largest absolute Gasteiger partial charge is 0.381 e. The van der Waals surface area contributed by atoms with E-state index >= 15 is 0 Å². The molecule has 6 nitrogen and oxygen atoms in total. The lowest BCUT2D eigenvalue weighted by molar-refractivity contribution is -0.384. The Labute approximate surface area is 103 Å². The third kappa shape index (κ3) is 3.04. The van der Waals surface area contributed by atoms with E-state index in [2.05, 4.69) is 10.3 Å². The van der Waals surface area contributed by atoms with Crippen LogP contribution in [0, 0.1) is 16.0 Å². The van der Waals surface area contributed by atoms with E-state index in [1.165, 1.54) is 12.1 Å². The summed E-state index contributed by atoms with van der Waals surface area (Å²) in [5, 5.41) is 14.0. The normalized spacial score (nSPS) is 19.2. The monoisotopic (exact) mass is 257 g/mol. The summed E-state index contributed by atoms with van der Waals surface area (Å²) >= 11 is 5.72. The number of aromatic nitrogens is 1. The predicted octanol–water partition coefficient (Wildman–Crippen LogP) is 2.09. The molecule has 1 N–H and O–H groups in total. The van der Waals surface area contributed by atoms with E-state index in [0.717, 1.165) is 13.0 Å². The summed E-state index contributed by atoms with van der Waals surface area (Å²) in [6, 6.07) is 2.76. The maximum absolute atomic E-state index is 10.8. The van der Waals surface area contributed by atoms with Gasteiger partial charge in [0.25, 0.3) is 0 Å². The van der Waals surface area contributed by atoms with Crippen molar-refractivity contribution in [1.29, 1.82) is 0 Å². The van der Waals surface area contributed by atoms with Gasteiger partial charge in [-0.05, 0) is 12.5 Å². The highest BCUT2D eigenvalue weighted by atomic mass is 35.5. The minimum absolute atomic E-state index is 0.0617. The van der Waals surface area contributed by atoms with Gasteiger partial charge in [0.15, 0.2) is 0 Å². The summed E-state index contributed by atoms with van der Waals surface area (Å²) in [7, 11) is 0. The first-order valence-electron chi connectivity index (χ1n) is 5.29. The molecule has 1 atom stereocenters. The van der Waals surface area contributed by atoms with Gasteiger partial charge in [0.2, 0.25) is 5.82 Å². The number of nitro groups is 1. The van der Waals surface area contributed by atoms with Crippen LogP contribution in [0.25, 0.3) is 0 Å². The van der Waals surface area contributed by atoms with Crippen LogP contribution >= 0.6 is 11.6 Å². The first-order chi connectivity index (χ1) is 8.16. The Morgan fingerprint density at radius 2 is 2.47 bits per heavy atom. The Morgan fingerprint density at radius 1 is 1.65 bits per heavy atom. The van der Waals surface area contributed by atoms with Gasteiger partial charge < -0.3 is 10.1 Å². The van der Waals surface area contributed by atoms with Crippen molar-refractivity contribution in [3.8, 4) is 0 Å². The Bertz CT molecular complexity index is 421. The molecule has 0 radical (unpaired) electrons. The van der Waals surface area contributed by atoms with Gasteiger partial charge in [-0.3, -0.25) is 10.1 Å². The molecule has 1 aliphatic rings. The molecule has 1 aromatic rings. The Morgan fingerprint density at radius 3 is 3.12 bits per heavy atom. The van der Waals surface area contributed by atoms with Gasteiger partial charge in [0.1, 0.15) is 5.15 Å². The fourth-order valence-corrected chi connectivity index (χ4v) is 1.84. The third-order valence-corrected chi connectivity index (χ3v) is 2.83. The standard InChI is InChI=1S/C10H12ClN3O3/c11-9-2-1-8(14(15)16)10(13-9)12-5-7-3-4-17-6-7/h1-2,7H,3-6H2,(H,12,13). The molecule has 1 fully saturated rings. The third-order valence-electron chi connectivity index (χ3n) is 2.62. The smallest absolute Gasteiger partial charge is 0.311 e. The average Bonchev–Trinajstić information content (AvgIpc) is 2.78. The van der Waals surface area contributed by atoms with Gasteiger partial charge in [0, 0.05) is 25.1 Å². The number of nitrogens with one attached hydrogen (secondary N) is 1. The van der Waals surface area contributed by atoms with E-state index in [-0.39, 0.29) is 16.7 Å². The number of rotatable bonds is 4. The number of nitrogens with zero attached hydrogens (tertiary/aromatic N) is 2. The Hall–Kier alpha value is -1.40. The van der Waals surface area contributed by atoms with Crippen molar-refractivity contribution in [3.63, 3.8) is 0 Å². The molecule has 0 aliphatic carbocycles. The van der Waals surface area contributed by atoms with Gasteiger partial charge in [-0.1, -0.05) is 11.6 Å². The zero-order valence-corrected chi connectivity index (χ0v) is 9.81. The first-order valence-corrected chi connectivity index (χ1v) is 5.67. The lowest BCUT2D eigenvalue weighted by Gasteiger charge is -2.10. The van der Waals surface area contributed by atoms with Crippen LogP contribution < -0.4 is 5.32 Å². The summed E-state index contributed by atoms with van der Waals surface area (Å²) in [5.41, 5.74) is -0.0617. The Balaban J connectivity index is 2.07. The zero-order valence-electron chi connectivity index (χ0n) is 9.06. The predicted molar refractivity (Wildman–Crippen MR) is 63.3 cm³/mol. The molecule has 2 rings (SSSR count). The number of anilines is 1. The molecule has 0 amide bonds. The fraction of sp³-hybridized carbons (Fsp3) is 0.500. The van der Waals surface area contributed by atoms with Crippen LogP contribution in [-0.4, -0.2) is 29.7 Å². The number of hydrogen-bond acceptors (Lipinski definition) is 5. The molecule has 2 heterocycles. The van der Waals surface area contributed by atoms with Crippen LogP contribution in [0.5, 0.6) is 0 Å². The summed E-state index contributed by atoms with van der Waals surface area (Å²) in [6.07, 6.45) is 0.960. The van der Waals surface area contributed by atoms with E-state index in [4.69, 9.17) is 16.3 Å². The SMILES string of the molecule is O=[N+]([O-])c1ccc(Cl)nc1NCC1CCOC1. The maximum Gasteiger partial charge on any atom is 0.311 e. The molecule has 1 aliphatic heterocycles. The quantitative estimate of drug-likeness (QED) is 0.508. The molecule has 1 unspecified atom stereocenters. The van der Waals surface area contributed by atoms with Crippen LogP contribution in [0.4, 0.5) is 11.5 Å². The molecule has 17 heavy (non-hydrogen) atoms. The van der Waals surface area contributed by atoms with Crippen molar-refractivity contribution in [2.24, 2.45) is 5.92 Å². The molecule has 92 valence electrons. The van der Waals surface area contributed by atoms with Gasteiger partial charge in [-0.15, -0.1) is 0 Å². The van der Waals surface area contributed by atoms with E-state index in [1.54, 1.807) is 0 Å². The summed E-state index contributed by atoms with van der Waals surface area (Å²) in [4.78, 5) is 14.2. The minimum Gasteiger partial charge on any atom is -0.381 e. The van der Waals surface area contributed by atoms with E-state index in [0.29, 0.717) is 19.1 Å². The molecule has 1 aromatic heterocycles. The Kier molecular flexibility index (Phi) is 3.75. The molecule has 0 bridgehead atoms. The maximum atomic E-state index is 10.8. The summed E-state index contributed by atoms with van der Waals surface area (Å²) in [6.45, 7) is 2.03. The van der Waals surface area contributed by atoms with Gasteiger partial charge in [0.05, 0.1) is 11.5 Å². The van der Waals surface area contributed by atoms with Crippen molar-refractivity contribution in [3.05, 3.63) is 27.4 Å². The van der Waals surface area contributed by atoms with Crippen LogP contribution in [0.2, 0.25) is 5.15 Å². The second-order valence-electron chi connectivity index (χ2n) is 3.87. The summed E-state index contributed by atoms with van der Waals surface area (Å²) in [5.74, 6) is 0.588. The van der Waals surface area contributed by atoms with Crippen molar-refractivity contribution in [2.45, 2.75) is 6.42 Å². The number of pyridine rings is 1. The molecule has 7 heteroatoms. The highest BCUT2D eigenvalue weighted by Gasteiger charge is 2.19. The van der Waals surface area contributed by atoms with E-state index in [1.807, 2.05) is 0 Å². The molecule has 0 spiro atoms. The minimum atomic E-state index is -0.475.